The Kier molecular flexibility index (Phi) is 5.96. The number of alkyl halides is 1. The lowest BCUT2D eigenvalue weighted by atomic mass is 10.2. The van der Waals surface area contributed by atoms with Gasteiger partial charge in [-0.05, 0) is 31.0 Å². The van der Waals surface area contributed by atoms with E-state index in [9.17, 15) is 8.42 Å². The summed E-state index contributed by atoms with van der Waals surface area (Å²) in [5, 5.41) is 0.436. The zero-order chi connectivity index (χ0) is 14.8. The number of nitrogens with zero attached hydrogens (tertiary/aromatic N) is 1. The summed E-state index contributed by atoms with van der Waals surface area (Å²) in [7, 11) is -2.15. The molecule has 0 amide bonds. The second kappa shape index (κ2) is 6.64. The third-order valence-electron chi connectivity index (χ3n) is 3.09. The Morgan fingerprint density at radius 3 is 2.37 bits per heavy atom. The lowest BCUT2D eigenvalue weighted by Gasteiger charge is -2.24. The highest BCUT2D eigenvalue weighted by Gasteiger charge is 2.28. The number of hydrogen-bond acceptors (Lipinski definition) is 2. The Labute approximate surface area is 129 Å². The third-order valence-corrected chi connectivity index (χ3v) is 6.15. The van der Waals surface area contributed by atoms with Gasteiger partial charge in [-0.3, -0.25) is 0 Å². The third kappa shape index (κ3) is 3.56. The van der Waals surface area contributed by atoms with Crippen LogP contribution in [0.3, 0.4) is 0 Å². The largest absolute Gasteiger partial charge is 0.244 e. The molecule has 0 aliphatic rings. The average molecular weight is 345 g/mol. The first-order chi connectivity index (χ1) is 8.75. The number of halogens is 3. The maximum atomic E-state index is 12.5. The molecule has 0 aliphatic carbocycles. The highest BCUT2D eigenvalue weighted by atomic mass is 35.5. The van der Waals surface area contributed by atoms with E-state index in [0.717, 1.165) is 0 Å². The molecular formula is C12H16Cl3NO2S. The Hall–Kier alpha value is -0.000000000000000111. The molecule has 108 valence electrons. The minimum Gasteiger partial charge on any atom is -0.207 e. The molecule has 3 nitrogen and oxygen atoms in total. The SMILES string of the molecule is CCC(C)N(C)S(=O)(=O)c1cc(Cl)cc(CCl)c1Cl. The van der Waals surface area contributed by atoms with Crippen LogP contribution in [0.15, 0.2) is 17.0 Å². The second-order valence-electron chi connectivity index (χ2n) is 4.29. The molecule has 0 saturated heterocycles. The van der Waals surface area contributed by atoms with Crippen LogP contribution in [0.5, 0.6) is 0 Å². The van der Waals surface area contributed by atoms with Crippen LogP contribution in [0, 0.1) is 0 Å². The number of rotatable bonds is 5. The van der Waals surface area contributed by atoms with Gasteiger partial charge in [-0.1, -0.05) is 30.1 Å². The number of sulfonamides is 1. The first kappa shape index (κ1) is 17.1. The van der Waals surface area contributed by atoms with Crippen LogP contribution in [-0.2, 0) is 15.9 Å². The van der Waals surface area contributed by atoms with Gasteiger partial charge in [0.25, 0.3) is 0 Å². The van der Waals surface area contributed by atoms with Crippen molar-refractivity contribution in [3.8, 4) is 0 Å². The monoisotopic (exact) mass is 343 g/mol. The molecule has 7 heteroatoms. The molecule has 0 spiro atoms. The van der Waals surface area contributed by atoms with E-state index in [1.807, 2.05) is 13.8 Å². The molecule has 0 aliphatic heterocycles. The Balaban J connectivity index is 3.41. The van der Waals surface area contributed by atoms with Crippen LogP contribution in [0.2, 0.25) is 10.0 Å². The molecule has 0 N–H and O–H groups in total. The summed E-state index contributed by atoms with van der Waals surface area (Å²) < 4.78 is 26.3. The van der Waals surface area contributed by atoms with Gasteiger partial charge < -0.3 is 0 Å². The van der Waals surface area contributed by atoms with Crippen LogP contribution < -0.4 is 0 Å². The fourth-order valence-electron chi connectivity index (χ4n) is 1.55. The summed E-state index contributed by atoms with van der Waals surface area (Å²) in [6.07, 6.45) is 0.705. The van der Waals surface area contributed by atoms with E-state index >= 15 is 0 Å². The van der Waals surface area contributed by atoms with Crippen molar-refractivity contribution in [2.75, 3.05) is 7.05 Å². The molecule has 0 heterocycles. The summed E-state index contributed by atoms with van der Waals surface area (Å²) in [5.74, 6) is 0.106. The predicted octanol–water partition coefficient (Wildman–Crippen LogP) is 4.15. The summed E-state index contributed by atoms with van der Waals surface area (Å²) >= 11 is 17.8. The Morgan fingerprint density at radius 1 is 1.32 bits per heavy atom. The molecule has 1 unspecified atom stereocenters. The molecule has 1 atom stereocenters. The molecule has 1 aromatic carbocycles. The topological polar surface area (TPSA) is 37.4 Å². The van der Waals surface area contributed by atoms with Gasteiger partial charge in [-0.15, -0.1) is 11.6 Å². The standard InChI is InChI=1S/C12H16Cl3NO2S/c1-4-8(2)16(3)19(17,18)11-6-10(14)5-9(7-13)12(11)15/h5-6,8H,4,7H2,1-3H3. The number of hydrogen-bond donors (Lipinski definition) is 0. The molecule has 0 bridgehead atoms. The first-order valence-electron chi connectivity index (χ1n) is 5.77. The van der Waals surface area contributed by atoms with Gasteiger partial charge >= 0.3 is 0 Å². The normalized spacial score (nSPS) is 13.8. The van der Waals surface area contributed by atoms with Gasteiger partial charge in [0.05, 0.1) is 5.02 Å². The van der Waals surface area contributed by atoms with Gasteiger partial charge in [0, 0.05) is 24.0 Å². The van der Waals surface area contributed by atoms with Crippen molar-refractivity contribution in [1.29, 1.82) is 0 Å². The Morgan fingerprint density at radius 2 is 1.89 bits per heavy atom. The van der Waals surface area contributed by atoms with Crippen molar-refractivity contribution in [2.24, 2.45) is 0 Å². The summed E-state index contributed by atoms with van der Waals surface area (Å²) in [4.78, 5) is 0.000108. The lowest BCUT2D eigenvalue weighted by molar-refractivity contribution is 0.380. The Bertz CT molecular complexity index is 560. The molecular weight excluding hydrogens is 329 g/mol. The fourth-order valence-corrected chi connectivity index (χ4v) is 4.17. The zero-order valence-electron chi connectivity index (χ0n) is 11.0. The average Bonchev–Trinajstić information content (AvgIpc) is 2.38. The molecule has 0 saturated carbocycles. The number of benzene rings is 1. The van der Waals surface area contributed by atoms with E-state index in [2.05, 4.69) is 0 Å². The second-order valence-corrected chi connectivity index (χ2v) is 7.34. The van der Waals surface area contributed by atoms with Crippen molar-refractivity contribution in [3.63, 3.8) is 0 Å². The highest BCUT2D eigenvalue weighted by molar-refractivity contribution is 7.89. The molecule has 1 rings (SSSR count). The molecule has 0 aromatic heterocycles. The van der Waals surface area contributed by atoms with Crippen molar-refractivity contribution in [2.45, 2.75) is 37.1 Å². The van der Waals surface area contributed by atoms with Gasteiger partial charge in [-0.25, -0.2) is 8.42 Å². The summed E-state index contributed by atoms with van der Waals surface area (Å²) in [6, 6.07) is 2.80. The minimum atomic E-state index is -3.68. The minimum absolute atomic E-state index is 0.000108. The molecule has 1 aromatic rings. The maximum Gasteiger partial charge on any atom is 0.244 e. The highest BCUT2D eigenvalue weighted by Crippen LogP contribution is 2.32. The van der Waals surface area contributed by atoms with Crippen molar-refractivity contribution in [3.05, 3.63) is 27.7 Å². The summed E-state index contributed by atoms with van der Waals surface area (Å²) in [6.45, 7) is 3.75. The van der Waals surface area contributed by atoms with E-state index in [4.69, 9.17) is 34.8 Å². The van der Waals surface area contributed by atoms with Gasteiger partial charge in [0.1, 0.15) is 4.90 Å². The fraction of sp³-hybridized carbons (Fsp3) is 0.500. The van der Waals surface area contributed by atoms with Gasteiger partial charge in [0.15, 0.2) is 0 Å². The molecule has 19 heavy (non-hydrogen) atoms. The van der Waals surface area contributed by atoms with E-state index in [0.29, 0.717) is 17.0 Å². The van der Waals surface area contributed by atoms with Crippen LogP contribution in [0.25, 0.3) is 0 Å². The van der Waals surface area contributed by atoms with Gasteiger partial charge in [-0.2, -0.15) is 4.31 Å². The maximum absolute atomic E-state index is 12.5. The van der Waals surface area contributed by atoms with E-state index in [1.165, 1.54) is 17.4 Å². The van der Waals surface area contributed by atoms with Crippen molar-refractivity contribution in [1.82, 2.24) is 4.31 Å². The van der Waals surface area contributed by atoms with E-state index < -0.39 is 10.0 Å². The first-order valence-corrected chi connectivity index (χ1v) is 8.50. The van der Waals surface area contributed by atoms with Crippen LogP contribution >= 0.6 is 34.8 Å². The zero-order valence-corrected chi connectivity index (χ0v) is 14.0. The summed E-state index contributed by atoms with van der Waals surface area (Å²) in [5.41, 5.74) is 0.506. The predicted molar refractivity (Wildman–Crippen MR) is 80.7 cm³/mol. The van der Waals surface area contributed by atoms with Crippen molar-refractivity contribution >= 4 is 44.8 Å². The van der Waals surface area contributed by atoms with Crippen LogP contribution in [-0.4, -0.2) is 25.8 Å². The van der Waals surface area contributed by atoms with E-state index in [-0.39, 0.29) is 21.8 Å². The van der Waals surface area contributed by atoms with Crippen LogP contribution in [0.4, 0.5) is 0 Å². The van der Waals surface area contributed by atoms with Crippen LogP contribution in [0.1, 0.15) is 25.8 Å². The van der Waals surface area contributed by atoms with Crippen molar-refractivity contribution < 1.29 is 8.42 Å². The lowest BCUT2D eigenvalue weighted by Crippen LogP contribution is -2.34. The molecule has 0 radical (unpaired) electrons. The van der Waals surface area contributed by atoms with E-state index in [1.54, 1.807) is 6.07 Å². The smallest absolute Gasteiger partial charge is 0.207 e. The quantitative estimate of drug-likeness (QED) is 0.752. The van der Waals surface area contributed by atoms with Gasteiger partial charge in [0.2, 0.25) is 10.0 Å². The molecule has 0 fully saturated rings.